The summed E-state index contributed by atoms with van der Waals surface area (Å²) >= 11 is 0. The van der Waals surface area contributed by atoms with E-state index < -0.39 is 11.9 Å². The van der Waals surface area contributed by atoms with Crippen LogP contribution >= 0.6 is 0 Å². The quantitative estimate of drug-likeness (QED) is 0.530. The SMILES string of the molecule is CCCCCC(=O)O.CCCCCC(=O)O.[Mn]. The molecule has 1 radical (unpaired) electrons. The Hall–Kier alpha value is -0.541. The topological polar surface area (TPSA) is 74.6 Å². The van der Waals surface area contributed by atoms with Crippen molar-refractivity contribution in [2.24, 2.45) is 0 Å². The summed E-state index contributed by atoms with van der Waals surface area (Å²) in [6, 6.07) is 0. The number of carbonyl (C=O) groups is 2. The number of rotatable bonds is 8. The number of aliphatic carboxylic acids is 2. The molecule has 0 aliphatic carbocycles. The zero-order valence-electron chi connectivity index (χ0n) is 10.7. The molecule has 0 heterocycles. The molecule has 0 amide bonds. The first-order chi connectivity index (χ1) is 7.54. The fourth-order valence-corrected chi connectivity index (χ4v) is 1.05. The van der Waals surface area contributed by atoms with Crippen LogP contribution in [-0.2, 0) is 26.7 Å². The second-order valence-electron chi connectivity index (χ2n) is 3.70. The van der Waals surface area contributed by atoms with E-state index in [0.29, 0.717) is 12.8 Å². The molecule has 0 saturated carbocycles. The van der Waals surface area contributed by atoms with Gasteiger partial charge >= 0.3 is 11.9 Å². The van der Waals surface area contributed by atoms with Crippen molar-refractivity contribution in [1.82, 2.24) is 0 Å². The third-order valence-corrected chi connectivity index (χ3v) is 1.99. The first kappa shape index (κ1) is 21.7. The number of carboxylic acids is 2. The van der Waals surface area contributed by atoms with Crippen molar-refractivity contribution < 1.29 is 36.9 Å². The predicted octanol–water partition coefficient (Wildman–Crippen LogP) is 3.30. The third kappa shape index (κ3) is 31.3. The smallest absolute Gasteiger partial charge is 0.303 e. The summed E-state index contributed by atoms with van der Waals surface area (Å²) in [6.07, 6.45) is 6.55. The van der Waals surface area contributed by atoms with Crippen molar-refractivity contribution in [1.29, 1.82) is 0 Å². The minimum atomic E-state index is -0.682. The molecule has 4 nitrogen and oxygen atoms in total. The molecule has 0 aliphatic rings. The molecule has 0 aromatic heterocycles. The molecule has 2 N–H and O–H groups in total. The summed E-state index contributed by atoms with van der Waals surface area (Å²) < 4.78 is 0. The summed E-state index contributed by atoms with van der Waals surface area (Å²) in [5.41, 5.74) is 0. The summed E-state index contributed by atoms with van der Waals surface area (Å²) in [6.45, 7) is 4.11. The van der Waals surface area contributed by atoms with Crippen molar-refractivity contribution in [3.8, 4) is 0 Å². The normalized spacial score (nSPS) is 8.59. The maximum absolute atomic E-state index is 9.87. The molecular weight excluding hydrogens is 263 g/mol. The van der Waals surface area contributed by atoms with E-state index in [2.05, 4.69) is 13.8 Å². The van der Waals surface area contributed by atoms with Crippen molar-refractivity contribution >= 4 is 11.9 Å². The van der Waals surface area contributed by atoms with E-state index in [-0.39, 0.29) is 17.1 Å². The molecule has 0 unspecified atom stereocenters. The minimum absolute atomic E-state index is 0. The van der Waals surface area contributed by atoms with Crippen LogP contribution in [0.5, 0.6) is 0 Å². The van der Waals surface area contributed by atoms with Gasteiger partial charge in [0.05, 0.1) is 0 Å². The van der Waals surface area contributed by atoms with Gasteiger partial charge in [-0.1, -0.05) is 39.5 Å². The molecule has 5 heteroatoms. The first-order valence-corrected chi connectivity index (χ1v) is 5.98. The summed E-state index contributed by atoms with van der Waals surface area (Å²) in [7, 11) is 0. The molecule has 0 saturated heterocycles. The minimum Gasteiger partial charge on any atom is -0.481 e. The standard InChI is InChI=1S/2C6H12O2.Mn/c2*1-2-3-4-5-6(7)8;/h2*2-5H2,1H3,(H,7,8);. The van der Waals surface area contributed by atoms with Gasteiger partial charge in [-0.2, -0.15) is 0 Å². The largest absolute Gasteiger partial charge is 0.481 e. The van der Waals surface area contributed by atoms with Crippen LogP contribution in [0.25, 0.3) is 0 Å². The Morgan fingerprint density at radius 1 is 0.765 bits per heavy atom. The van der Waals surface area contributed by atoms with E-state index in [9.17, 15) is 9.59 Å². The summed E-state index contributed by atoms with van der Waals surface area (Å²) in [5, 5.41) is 16.3. The Morgan fingerprint density at radius 3 is 1.24 bits per heavy atom. The van der Waals surface area contributed by atoms with Crippen LogP contribution in [0.4, 0.5) is 0 Å². The van der Waals surface area contributed by atoms with E-state index in [1.807, 2.05) is 0 Å². The van der Waals surface area contributed by atoms with Gasteiger partial charge in [0, 0.05) is 29.9 Å². The predicted molar refractivity (Wildman–Crippen MR) is 63.6 cm³/mol. The molecule has 0 spiro atoms. The van der Waals surface area contributed by atoms with Gasteiger partial charge in [-0.25, -0.2) is 0 Å². The monoisotopic (exact) mass is 287 g/mol. The van der Waals surface area contributed by atoms with Crippen LogP contribution in [0, 0.1) is 0 Å². The van der Waals surface area contributed by atoms with Crippen molar-refractivity contribution in [3.05, 3.63) is 0 Å². The second kappa shape index (κ2) is 17.8. The Morgan fingerprint density at radius 2 is 1.06 bits per heavy atom. The maximum Gasteiger partial charge on any atom is 0.303 e. The van der Waals surface area contributed by atoms with Gasteiger partial charge in [0.15, 0.2) is 0 Å². The van der Waals surface area contributed by atoms with E-state index in [1.165, 1.54) is 0 Å². The molecule has 0 aromatic rings. The molecule has 0 fully saturated rings. The third-order valence-electron chi connectivity index (χ3n) is 1.99. The van der Waals surface area contributed by atoms with Crippen LogP contribution in [0.15, 0.2) is 0 Å². The summed E-state index contributed by atoms with van der Waals surface area (Å²) in [5.74, 6) is -1.36. The molecule has 0 aliphatic heterocycles. The Balaban J connectivity index is -0.000000218. The van der Waals surface area contributed by atoms with Gasteiger partial charge < -0.3 is 10.2 Å². The first-order valence-electron chi connectivity index (χ1n) is 5.98. The van der Waals surface area contributed by atoms with Gasteiger partial charge in [-0.15, -0.1) is 0 Å². The number of hydrogen-bond donors (Lipinski definition) is 2. The molecule has 103 valence electrons. The maximum atomic E-state index is 9.87. The van der Waals surface area contributed by atoms with Crippen LogP contribution in [-0.4, -0.2) is 22.2 Å². The fraction of sp³-hybridized carbons (Fsp3) is 0.833. The molecular formula is C12H24MnO4. The van der Waals surface area contributed by atoms with Crippen LogP contribution in [0.3, 0.4) is 0 Å². The van der Waals surface area contributed by atoms with E-state index >= 15 is 0 Å². The zero-order chi connectivity index (χ0) is 12.8. The van der Waals surface area contributed by atoms with Gasteiger partial charge in [0.1, 0.15) is 0 Å². The van der Waals surface area contributed by atoms with Gasteiger partial charge in [0.25, 0.3) is 0 Å². The number of unbranched alkanes of at least 4 members (excludes halogenated alkanes) is 4. The van der Waals surface area contributed by atoms with Crippen molar-refractivity contribution in [2.45, 2.75) is 65.2 Å². The average molecular weight is 287 g/mol. The second-order valence-corrected chi connectivity index (χ2v) is 3.70. The van der Waals surface area contributed by atoms with Crippen molar-refractivity contribution in [3.63, 3.8) is 0 Å². The van der Waals surface area contributed by atoms with E-state index in [4.69, 9.17) is 10.2 Å². The van der Waals surface area contributed by atoms with Crippen LogP contribution in [0.2, 0.25) is 0 Å². The van der Waals surface area contributed by atoms with E-state index in [0.717, 1.165) is 38.5 Å². The Labute approximate surface area is 114 Å². The average Bonchev–Trinajstić information content (AvgIpc) is 2.18. The molecule has 0 bridgehead atoms. The fourth-order valence-electron chi connectivity index (χ4n) is 1.05. The van der Waals surface area contributed by atoms with E-state index in [1.54, 1.807) is 0 Å². The Bertz CT molecular complexity index is 163. The number of carboxylic acid groups (broad SMARTS) is 2. The van der Waals surface area contributed by atoms with Gasteiger partial charge in [0.2, 0.25) is 0 Å². The molecule has 17 heavy (non-hydrogen) atoms. The Kier molecular flexibility index (Phi) is 22.8. The van der Waals surface area contributed by atoms with Gasteiger partial charge in [-0.3, -0.25) is 9.59 Å². The van der Waals surface area contributed by atoms with Crippen LogP contribution in [0.1, 0.15) is 65.2 Å². The summed E-state index contributed by atoms with van der Waals surface area (Å²) in [4.78, 5) is 19.7. The van der Waals surface area contributed by atoms with Crippen molar-refractivity contribution in [2.75, 3.05) is 0 Å². The van der Waals surface area contributed by atoms with Gasteiger partial charge in [-0.05, 0) is 12.8 Å². The molecule has 0 atom stereocenters. The molecule has 0 aromatic carbocycles. The molecule has 0 rings (SSSR count). The van der Waals surface area contributed by atoms with Crippen LogP contribution < -0.4 is 0 Å². The zero-order valence-corrected chi connectivity index (χ0v) is 11.9. The number of hydrogen-bond acceptors (Lipinski definition) is 2.